The van der Waals surface area contributed by atoms with Crippen LogP contribution in [0.1, 0.15) is 0 Å². The lowest BCUT2D eigenvalue weighted by Gasteiger charge is -2.15. The molecule has 0 bridgehead atoms. The van der Waals surface area contributed by atoms with Crippen molar-refractivity contribution in [2.45, 2.75) is 0 Å². The van der Waals surface area contributed by atoms with Gasteiger partial charge in [-0.2, -0.15) is 0 Å². The molecule has 1 heterocycles. The van der Waals surface area contributed by atoms with Crippen LogP contribution in [0.3, 0.4) is 0 Å². The topological polar surface area (TPSA) is 68.9 Å². The van der Waals surface area contributed by atoms with Gasteiger partial charge in [0.1, 0.15) is 22.3 Å². The van der Waals surface area contributed by atoms with Crippen LogP contribution < -0.4 is 14.9 Å². The molecule has 5 rings (SSSR count). The van der Waals surface area contributed by atoms with Gasteiger partial charge in [0.25, 0.3) is 0 Å². The number of fused-ring (bicyclic) bond motifs is 2. The van der Waals surface area contributed by atoms with Crippen molar-refractivity contribution in [2.24, 2.45) is 0 Å². The molecule has 0 unspecified atom stereocenters. The molecule has 1 N–H and O–H groups in total. The van der Waals surface area contributed by atoms with Gasteiger partial charge in [0.2, 0.25) is 5.43 Å². The van der Waals surface area contributed by atoms with Gasteiger partial charge in [-0.05, 0) is 58.7 Å². The molecule has 0 aliphatic rings. The van der Waals surface area contributed by atoms with Crippen molar-refractivity contribution in [2.75, 3.05) is 14.2 Å². The van der Waals surface area contributed by atoms with E-state index in [2.05, 4.69) is 0 Å². The van der Waals surface area contributed by atoms with E-state index in [-0.39, 0.29) is 16.6 Å². The maximum atomic E-state index is 13.3. The van der Waals surface area contributed by atoms with Crippen LogP contribution in [0.5, 0.6) is 17.2 Å². The highest BCUT2D eigenvalue weighted by molar-refractivity contribution is 5.99. The molecule has 0 saturated carbocycles. The van der Waals surface area contributed by atoms with Gasteiger partial charge in [0.05, 0.1) is 19.6 Å². The molecule has 5 nitrogen and oxygen atoms in total. The Morgan fingerprint density at radius 3 is 2.22 bits per heavy atom. The Kier molecular flexibility index (Phi) is 4.79. The number of phenols is 1. The first kappa shape index (κ1) is 19.7. The molecule has 0 atom stereocenters. The fraction of sp³-hybridized carbons (Fsp3) is 0.0741. The Labute approximate surface area is 184 Å². The average Bonchev–Trinajstić information content (AvgIpc) is 2.83. The Hall–Kier alpha value is -4.25. The Morgan fingerprint density at radius 1 is 0.719 bits per heavy atom. The predicted octanol–water partition coefficient (Wildman–Crippen LogP) is 6.00. The van der Waals surface area contributed by atoms with Crippen molar-refractivity contribution in [1.82, 2.24) is 0 Å². The number of benzene rings is 4. The van der Waals surface area contributed by atoms with Crippen molar-refractivity contribution in [1.29, 1.82) is 0 Å². The van der Waals surface area contributed by atoms with Crippen LogP contribution in [0.4, 0.5) is 0 Å². The highest BCUT2D eigenvalue weighted by atomic mass is 16.5. The third kappa shape index (κ3) is 3.15. The largest absolute Gasteiger partial charge is 0.507 e. The second kappa shape index (κ2) is 7.78. The van der Waals surface area contributed by atoms with Gasteiger partial charge in [0.15, 0.2) is 11.5 Å². The molecule has 158 valence electrons. The van der Waals surface area contributed by atoms with Gasteiger partial charge in [-0.3, -0.25) is 4.79 Å². The van der Waals surface area contributed by atoms with Crippen LogP contribution in [-0.4, -0.2) is 19.3 Å². The quantitative estimate of drug-likeness (QED) is 0.358. The van der Waals surface area contributed by atoms with E-state index in [0.717, 1.165) is 22.3 Å². The molecule has 5 heteroatoms. The number of hydrogen-bond acceptors (Lipinski definition) is 5. The van der Waals surface area contributed by atoms with E-state index >= 15 is 0 Å². The molecule has 0 amide bonds. The monoisotopic (exact) mass is 424 g/mol. The minimum atomic E-state index is -0.277. The van der Waals surface area contributed by atoms with Crippen molar-refractivity contribution in [3.05, 3.63) is 89.1 Å². The lowest BCUT2D eigenvalue weighted by Crippen LogP contribution is -2.03. The standard InChI is InChI=1S/C27H20O5/c1-30-22-12-11-17(13-25(22)31-2)18-14-20-24(15-19(18)16-7-4-3-5-8-16)32-23-10-6-9-21(28)26(23)27(20)29/h3-15,28H,1-2H3. The van der Waals surface area contributed by atoms with E-state index in [9.17, 15) is 9.90 Å². The highest BCUT2D eigenvalue weighted by Crippen LogP contribution is 2.39. The molecular weight excluding hydrogens is 404 g/mol. The highest BCUT2D eigenvalue weighted by Gasteiger charge is 2.17. The van der Waals surface area contributed by atoms with Crippen LogP contribution in [0.15, 0.2) is 88.1 Å². The summed E-state index contributed by atoms with van der Waals surface area (Å²) in [5.74, 6) is 1.11. The van der Waals surface area contributed by atoms with Gasteiger partial charge in [-0.25, -0.2) is 0 Å². The van der Waals surface area contributed by atoms with Gasteiger partial charge in [0, 0.05) is 0 Å². The molecule has 4 aromatic carbocycles. The molecule has 0 fully saturated rings. The zero-order valence-corrected chi connectivity index (χ0v) is 17.6. The fourth-order valence-corrected chi connectivity index (χ4v) is 4.03. The molecular formula is C27H20O5. The first-order chi connectivity index (χ1) is 15.6. The zero-order valence-electron chi connectivity index (χ0n) is 17.6. The van der Waals surface area contributed by atoms with Crippen LogP contribution in [0, 0.1) is 0 Å². The molecule has 0 spiro atoms. The molecule has 1 aromatic heterocycles. The predicted molar refractivity (Wildman–Crippen MR) is 126 cm³/mol. The summed E-state index contributed by atoms with van der Waals surface area (Å²) < 4.78 is 16.9. The molecule has 0 aliphatic carbocycles. The number of ether oxygens (including phenoxy) is 2. The van der Waals surface area contributed by atoms with Crippen LogP contribution >= 0.6 is 0 Å². The van der Waals surface area contributed by atoms with E-state index in [0.29, 0.717) is 28.1 Å². The van der Waals surface area contributed by atoms with Crippen LogP contribution in [0.25, 0.3) is 44.2 Å². The van der Waals surface area contributed by atoms with Crippen molar-refractivity contribution in [3.8, 4) is 39.5 Å². The van der Waals surface area contributed by atoms with E-state index in [1.165, 1.54) is 6.07 Å². The minimum absolute atomic E-state index is 0.0991. The van der Waals surface area contributed by atoms with Crippen molar-refractivity contribution < 1.29 is 19.0 Å². The second-order valence-electron chi connectivity index (χ2n) is 7.41. The summed E-state index contributed by atoms with van der Waals surface area (Å²) in [6.45, 7) is 0. The van der Waals surface area contributed by atoms with Gasteiger partial charge < -0.3 is 19.0 Å². The van der Waals surface area contributed by atoms with Gasteiger partial charge >= 0.3 is 0 Å². The van der Waals surface area contributed by atoms with Crippen LogP contribution in [0.2, 0.25) is 0 Å². The molecule has 5 aromatic rings. The number of hydrogen-bond donors (Lipinski definition) is 1. The smallest absolute Gasteiger partial charge is 0.204 e. The Morgan fingerprint density at radius 2 is 1.47 bits per heavy atom. The maximum Gasteiger partial charge on any atom is 0.204 e. The number of phenolic OH excluding ortho intramolecular Hbond substituents is 1. The number of aromatic hydroxyl groups is 1. The van der Waals surface area contributed by atoms with E-state index < -0.39 is 0 Å². The van der Waals surface area contributed by atoms with Crippen LogP contribution in [-0.2, 0) is 0 Å². The third-order valence-corrected chi connectivity index (χ3v) is 5.59. The normalized spacial score (nSPS) is 11.1. The first-order valence-electron chi connectivity index (χ1n) is 10.1. The summed E-state index contributed by atoms with van der Waals surface area (Å²) in [4.78, 5) is 13.3. The molecule has 0 radical (unpaired) electrons. The summed E-state index contributed by atoms with van der Waals surface area (Å²) in [7, 11) is 3.18. The Bertz CT molecular complexity index is 1520. The SMILES string of the molecule is COc1ccc(-c2cc3c(=O)c4c(O)cccc4oc3cc2-c2ccccc2)cc1OC. The summed E-state index contributed by atoms with van der Waals surface area (Å²) in [5.41, 5.74) is 4.12. The second-order valence-corrected chi connectivity index (χ2v) is 7.41. The minimum Gasteiger partial charge on any atom is -0.507 e. The van der Waals surface area contributed by atoms with E-state index in [4.69, 9.17) is 13.9 Å². The van der Waals surface area contributed by atoms with Crippen molar-refractivity contribution in [3.63, 3.8) is 0 Å². The lowest BCUT2D eigenvalue weighted by atomic mass is 9.92. The maximum absolute atomic E-state index is 13.3. The number of rotatable bonds is 4. The summed E-state index contributed by atoms with van der Waals surface area (Å²) in [6, 6.07) is 24.1. The zero-order chi connectivity index (χ0) is 22.2. The van der Waals surface area contributed by atoms with Crippen molar-refractivity contribution >= 4 is 21.9 Å². The first-order valence-corrected chi connectivity index (χ1v) is 10.1. The summed E-state index contributed by atoms with van der Waals surface area (Å²) in [5, 5.41) is 10.8. The lowest BCUT2D eigenvalue weighted by molar-refractivity contribution is 0.355. The van der Waals surface area contributed by atoms with Gasteiger partial charge in [-0.1, -0.05) is 42.5 Å². The van der Waals surface area contributed by atoms with Gasteiger partial charge in [-0.15, -0.1) is 0 Å². The third-order valence-electron chi connectivity index (χ3n) is 5.59. The van der Waals surface area contributed by atoms with E-state index in [1.54, 1.807) is 26.4 Å². The fourth-order valence-electron chi connectivity index (χ4n) is 4.03. The Balaban J connectivity index is 1.88. The summed E-state index contributed by atoms with van der Waals surface area (Å²) >= 11 is 0. The number of methoxy groups -OCH3 is 2. The summed E-state index contributed by atoms with van der Waals surface area (Å²) in [6.07, 6.45) is 0. The molecule has 0 aliphatic heterocycles. The van der Waals surface area contributed by atoms with E-state index in [1.807, 2.05) is 60.7 Å². The average molecular weight is 424 g/mol. The molecule has 32 heavy (non-hydrogen) atoms. The molecule has 0 saturated heterocycles.